The molecular weight excluding hydrogens is 964 g/mol. The number of anilines is 1. The zero-order valence-electron chi connectivity index (χ0n) is 35.1. The quantitative estimate of drug-likeness (QED) is 0.0980. The van der Waals surface area contributed by atoms with Crippen LogP contribution < -0.4 is 16.0 Å². The molecule has 2 saturated carbocycles. The van der Waals surface area contributed by atoms with E-state index in [2.05, 4.69) is 14.9 Å². The number of aromatic nitrogens is 6. The molecule has 0 spiro atoms. The molecule has 0 bridgehead atoms. The lowest BCUT2D eigenvalue weighted by Gasteiger charge is -2.30. The van der Waals surface area contributed by atoms with Gasteiger partial charge in [-0.15, -0.1) is 0 Å². The van der Waals surface area contributed by atoms with Crippen molar-refractivity contribution in [1.82, 2.24) is 29.1 Å². The standard InChI is InChI=1S/C42H37ClF8N8O6S2/c1-41(2,66(3,62)63)18-4-7-22-27(13-18)53-39(58(40(22)61)28-9-8-26(43)31-34(28)57(16-29(46)47)55-38(31)56-67(64,65)21-5-6-21)24(12-17-10-19(44)14-20(45)11-17)33(37(52)60)59-35-30(32(54-59)36(48)49)23-15-25(23)42(35,50)51/h4,7-11,13-14,21,23-25,29,33,36H,5-6,12,15-16H2,1-3H3,(H2,52,60)(H,55,56)/t23-,24-,25+,33?/m0/s1. The molecule has 0 aliphatic heterocycles. The Morgan fingerprint density at radius 3 is 2.27 bits per heavy atom. The van der Waals surface area contributed by atoms with Gasteiger partial charge in [-0.2, -0.15) is 19.0 Å². The second kappa shape index (κ2) is 15.7. The summed E-state index contributed by atoms with van der Waals surface area (Å²) >= 11 is 6.66. The highest BCUT2D eigenvalue weighted by Crippen LogP contribution is 2.68. The topological polar surface area (TPSA) is 194 Å². The van der Waals surface area contributed by atoms with E-state index < -0.39 is 148 Å². The van der Waals surface area contributed by atoms with E-state index in [1.165, 1.54) is 32.0 Å². The molecule has 3 aliphatic carbocycles. The number of benzene rings is 3. The van der Waals surface area contributed by atoms with Gasteiger partial charge in [-0.1, -0.05) is 17.7 Å². The Balaban J connectivity index is 1.41. The molecule has 9 rings (SSSR count). The molecule has 0 radical (unpaired) electrons. The van der Waals surface area contributed by atoms with E-state index in [0.717, 1.165) is 35.1 Å². The number of amides is 1. The van der Waals surface area contributed by atoms with Crippen LogP contribution in [0.5, 0.6) is 0 Å². The minimum atomic E-state index is -4.17. The summed E-state index contributed by atoms with van der Waals surface area (Å²) in [7, 11) is -8.09. The van der Waals surface area contributed by atoms with Crippen LogP contribution in [0.1, 0.15) is 91.3 Å². The number of halogens is 9. The molecule has 356 valence electrons. The fourth-order valence-corrected chi connectivity index (χ4v) is 11.2. The number of alkyl halides is 6. The average Bonchev–Trinajstić information content (AvgIpc) is 4.14. The van der Waals surface area contributed by atoms with Crippen molar-refractivity contribution < 1.29 is 56.8 Å². The lowest BCUT2D eigenvalue weighted by Crippen LogP contribution is -2.39. The summed E-state index contributed by atoms with van der Waals surface area (Å²) in [6.45, 7) is 1.46. The Kier molecular flexibility index (Phi) is 10.9. The lowest BCUT2D eigenvalue weighted by atomic mass is 9.89. The lowest BCUT2D eigenvalue weighted by molar-refractivity contribution is -0.122. The average molecular weight is 1000 g/mol. The van der Waals surface area contributed by atoms with Gasteiger partial charge >= 0.3 is 0 Å². The molecule has 67 heavy (non-hydrogen) atoms. The molecule has 4 atom stereocenters. The molecule has 3 N–H and O–H groups in total. The molecule has 0 saturated heterocycles. The van der Waals surface area contributed by atoms with Crippen LogP contribution in [0.15, 0.2) is 53.3 Å². The fraction of sp³-hybridized carbons (Fsp3) is 0.405. The number of sulfone groups is 1. The number of carbonyl (C=O) groups is 1. The SMILES string of the molecule is CC(C)(c1ccc2c(=O)n(-c3ccc(Cl)c4c(NS(=O)(=O)C5CC5)nn(CC(F)F)c34)c([C@@H](Cc3cc(F)cc(F)c3)C(C(N)=O)n3nc(C(F)F)c4c3C(F)(F)[C@@H]3C[C@H]43)nc2c1)S(C)(=O)=O. The summed E-state index contributed by atoms with van der Waals surface area (Å²) < 4.78 is 176. The summed E-state index contributed by atoms with van der Waals surface area (Å²) in [5, 5.41) is 6.25. The largest absolute Gasteiger partial charge is 0.368 e. The third-order valence-electron chi connectivity index (χ3n) is 12.9. The normalized spacial score (nSPS) is 19.0. The van der Waals surface area contributed by atoms with Crippen LogP contribution in [0.4, 0.5) is 40.9 Å². The maximum atomic E-state index is 16.3. The van der Waals surface area contributed by atoms with Crippen molar-refractivity contribution in [1.29, 1.82) is 0 Å². The summed E-state index contributed by atoms with van der Waals surface area (Å²) in [5.74, 6) is -13.5. The molecule has 3 aromatic heterocycles. The Hall–Kier alpha value is -5.62. The predicted molar refractivity (Wildman–Crippen MR) is 228 cm³/mol. The third-order valence-corrected chi connectivity index (χ3v) is 17.1. The van der Waals surface area contributed by atoms with Crippen LogP contribution in [0.3, 0.4) is 0 Å². The fourth-order valence-electron chi connectivity index (χ4n) is 9.08. The first-order chi connectivity index (χ1) is 31.2. The number of hydrogen-bond donors (Lipinski definition) is 2. The highest BCUT2D eigenvalue weighted by molar-refractivity contribution is 7.93. The minimum absolute atomic E-state index is 0.0649. The van der Waals surface area contributed by atoms with Gasteiger partial charge in [0.05, 0.1) is 48.4 Å². The predicted octanol–water partition coefficient (Wildman–Crippen LogP) is 7.51. The second-order valence-electron chi connectivity index (χ2n) is 17.6. The smallest absolute Gasteiger partial charge is 0.293 e. The Labute approximate surface area is 380 Å². The van der Waals surface area contributed by atoms with Crippen molar-refractivity contribution in [2.75, 3.05) is 11.0 Å². The Morgan fingerprint density at radius 2 is 1.67 bits per heavy atom. The number of nitrogens with zero attached hydrogens (tertiary/aromatic N) is 6. The van der Waals surface area contributed by atoms with Gasteiger partial charge in [0.2, 0.25) is 15.9 Å². The van der Waals surface area contributed by atoms with Gasteiger partial charge in [0, 0.05) is 23.8 Å². The van der Waals surface area contributed by atoms with Crippen LogP contribution in [0.2, 0.25) is 5.02 Å². The monoisotopic (exact) mass is 1000 g/mol. The Bertz CT molecular complexity index is 3360. The number of carbonyl (C=O) groups excluding carboxylic acids is 1. The van der Waals surface area contributed by atoms with E-state index in [9.17, 15) is 39.2 Å². The highest BCUT2D eigenvalue weighted by Gasteiger charge is 2.68. The Morgan fingerprint density at radius 1 is 1.00 bits per heavy atom. The van der Waals surface area contributed by atoms with Crippen molar-refractivity contribution >= 4 is 65.0 Å². The van der Waals surface area contributed by atoms with Gasteiger partial charge < -0.3 is 5.73 Å². The van der Waals surface area contributed by atoms with Crippen molar-refractivity contribution in [3.05, 3.63) is 109 Å². The molecule has 14 nitrogen and oxygen atoms in total. The van der Waals surface area contributed by atoms with E-state index in [1.807, 2.05) is 0 Å². The molecule has 6 aromatic rings. The minimum Gasteiger partial charge on any atom is -0.368 e. The molecule has 2 fully saturated rings. The molecule has 1 unspecified atom stereocenters. The van der Waals surface area contributed by atoms with Crippen LogP contribution in [0.25, 0.3) is 27.5 Å². The zero-order valence-corrected chi connectivity index (χ0v) is 37.5. The van der Waals surface area contributed by atoms with E-state index in [1.54, 1.807) is 0 Å². The van der Waals surface area contributed by atoms with Gasteiger partial charge in [0.1, 0.15) is 41.4 Å². The first-order valence-electron chi connectivity index (χ1n) is 20.5. The van der Waals surface area contributed by atoms with Gasteiger partial charge in [-0.25, -0.2) is 52.8 Å². The number of rotatable bonds is 15. The van der Waals surface area contributed by atoms with Crippen molar-refractivity contribution in [3.8, 4) is 5.69 Å². The third kappa shape index (κ3) is 7.71. The van der Waals surface area contributed by atoms with Crippen LogP contribution >= 0.6 is 11.6 Å². The molecule has 3 aliphatic rings. The first kappa shape index (κ1) is 46.5. The van der Waals surface area contributed by atoms with Crippen molar-refractivity contribution in [3.63, 3.8) is 0 Å². The molecule has 3 aromatic carbocycles. The zero-order chi connectivity index (χ0) is 48.6. The van der Waals surface area contributed by atoms with E-state index in [-0.39, 0.29) is 51.7 Å². The van der Waals surface area contributed by atoms with Crippen LogP contribution in [0, 0.1) is 17.6 Å². The van der Waals surface area contributed by atoms with Crippen LogP contribution in [-0.4, -0.2) is 69.8 Å². The number of nitrogens with one attached hydrogen (secondary N) is 1. The summed E-state index contributed by atoms with van der Waals surface area (Å²) in [4.78, 5) is 34.1. The van der Waals surface area contributed by atoms with Crippen molar-refractivity contribution in [2.24, 2.45) is 11.7 Å². The number of primary amides is 1. The number of fused-ring (bicyclic) bond motifs is 5. The maximum absolute atomic E-state index is 16.3. The first-order valence-corrected chi connectivity index (χ1v) is 24.3. The van der Waals surface area contributed by atoms with Gasteiger partial charge in [-0.3, -0.25) is 23.6 Å². The maximum Gasteiger partial charge on any atom is 0.293 e. The van der Waals surface area contributed by atoms with Crippen LogP contribution in [-0.2, 0) is 48.3 Å². The van der Waals surface area contributed by atoms with E-state index in [0.29, 0.717) is 15.4 Å². The second-order valence-corrected chi connectivity index (χ2v) is 22.5. The number of nitrogens with two attached hydrogens (primary N) is 1. The molecule has 25 heteroatoms. The van der Waals surface area contributed by atoms with E-state index >= 15 is 22.4 Å². The number of hydrogen-bond acceptors (Lipinski definition) is 9. The highest BCUT2D eigenvalue weighted by atomic mass is 35.5. The van der Waals surface area contributed by atoms with Gasteiger partial charge in [-0.05, 0) is 93.0 Å². The summed E-state index contributed by atoms with van der Waals surface area (Å²) in [6, 6.07) is 5.68. The van der Waals surface area contributed by atoms with E-state index in [4.69, 9.17) is 22.3 Å². The molecular formula is C42H37ClF8N8O6S2. The van der Waals surface area contributed by atoms with Crippen molar-refractivity contribution in [2.45, 2.75) is 92.7 Å². The summed E-state index contributed by atoms with van der Waals surface area (Å²) in [6.07, 6.45) is -6.16. The van der Waals surface area contributed by atoms with Gasteiger partial charge in [0.15, 0.2) is 15.7 Å². The van der Waals surface area contributed by atoms with Gasteiger partial charge in [0.25, 0.3) is 24.3 Å². The molecule has 1 amide bonds. The number of sulfonamides is 1. The summed E-state index contributed by atoms with van der Waals surface area (Å²) in [5.41, 5.74) is 0.799. The molecule has 3 heterocycles.